The zero-order chi connectivity index (χ0) is 91.0. The van der Waals surface area contributed by atoms with E-state index < -0.39 is 5.82 Å². The monoisotopic (exact) mass is 1810 g/mol. The Hall–Kier alpha value is -10.2. The van der Waals surface area contributed by atoms with E-state index in [-0.39, 0.29) is 22.7 Å². The van der Waals surface area contributed by atoms with Crippen molar-refractivity contribution >= 4 is 120 Å². The molecule has 0 radical (unpaired) electrons. The van der Waals surface area contributed by atoms with E-state index in [1.807, 2.05) is 76.7 Å². The average Bonchev–Trinajstić information content (AvgIpc) is 1.62. The van der Waals surface area contributed by atoms with Gasteiger partial charge in [-0.3, -0.25) is 14.6 Å². The van der Waals surface area contributed by atoms with Crippen LogP contribution in [0.25, 0.3) is 66.5 Å². The first-order valence-corrected chi connectivity index (χ1v) is 48.9. The Morgan fingerprint density at radius 2 is 0.831 bits per heavy atom. The highest BCUT2D eigenvalue weighted by Gasteiger charge is 2.32. The molecule has 0 bridgehead atoms. The highest BCUT2D eigenvalue weighted by molar-refractivity contribution is 6.32. The van der Waals surface area contributed by atoms with Gasteiger partial charge in [-0.15, -0.1) is 0 Å². The second-order valence-corrected chi connectivity index (χ2v) is 39.4. The molecule has 11 heterocycles. The van der Waals surface area contributed by atoms with Crippen molar-refractivity contribution in [2.75, 3.05) is 85.0 Å². The van der Waals surface area contributed by atoms with Crippen LogP contribution in [-0.4, -0.2) is 130 Å². The zero-order valence-corrected chi connectivity index (χ0v) is 81.1. The van der Waals surface area contributed by atoms with Crippen molar-refractivity contribution in [2.24, 2.45) is 12.0 Å². The fourth-order valence-corrected chi connectivity index (χ4v) is 21.7. The molecule has 22 heteroatoms. The SMILES string of the molecule is CC1=NC(C)C(C)=C1c1cc(C)cc2c1nc(N1CCCCC1)n2Cc1ccc(C)c(Cl)c1.Cc1cc(-c2c(C)c(C)cc3c2nc(N2CCCCC2)n3Cc2ccc(F)c(Cl)c2)n(C)n1.Cc1cc(C2=CCCCC2)c2nc(N3CCCCC3)n(Cc3cc(C)c(F)c(C)c3)c2c1.Cc1cc(Cn2c(N3CCCCC3)nc3c(CN4CCCC4)cc(Cl)cc32)cc(C)c1F. The maximum atomic E-state index is 14.3. The summed E-state index contributed by atoms with van der Waals surface area (Å²) in [4.78, 5) is 38.1. The Morgan fingerprint density at radius 3 is 1.28 bits per heavy atom. The minimum Gasteiger partial charge on any atom is -0.342 e. The molecular weight excluding hydrogens is 1680 g/mol. The van der Waals surface area contributed by atoms with Gasteiger partial charge in [0.05, 0.1) is 87.2 Å². The first-order valence-electron chi connectivity index (χ1n) is 47.8. The van der Waals surface area contributed by atoms with Gasteiger partial charge in [-0.2, -0.15) is 5.10 Å². The third-order valence-corrected chi connectivity index (χ3v) is 29.0. The quantitative estimate of drug-likeness (QED) is 0.0872. The first kappa shape index (κ1) is 91.7. The molecule has 130 heavy (non-hydrogen) atoms. The van der Waals surface area contributed by atoms with Gasteiger partial charge >= 0.3 is 0 Å². The summed E-state index contributed by atoms with van der Waals surface area (Å²) in [6, 6.07) is 37.2. The molecule has 5 saturated heterocycles. The number of aryl methyl sites for hydroxylation is 10. The number of aliphatic imine (C=N–C) groups is 1. The number of allylic oxidation sites excluding steroid dienone is 3. The van der Waals surface area contributed by atoms with Crippen LogP contribution in [0.15, 0.2) is 126 Å². The first-order chi connectivity index (χ1) is 62.7. The molecule has 6 aliphatic heterocycles. The molecule has 0 amide bonds. The topological polar surface area (TPSA) is 118 Å². The highest BCUT2D eigenvalue weighted by Crippen LogP contribution is 2.43. The molecule has 1 unspecified atom stereocenters. The van der Waals surface area contributed by atoms with E-state index in [0.717, 1.165) is 210 Å². The number of likely N-dealkylation sites (tertiary alicyclic amines) is 1. The Balaban J connectivity index is 0.000000121. The predicted octanol–water partition coefficient (Wildman–Crippen LogP) is 26.4. The van der Waals surface area contributed by atoms with Gasteiger partial charge in [0.25, 0.3) is 0 Å². The highest BCUT2D eigenvalue weighted by atomic mass is 35.5. The summed E-state index contributed by atoms with van der Waals surface area (Å²) in [6.45, 7) is 40.8. The Kier molecular flexibility index (Phi) is 28.0. The molecule has 0 saturated carbocycles. The fourth-order valence-electron chi connectivity index (χ4n) is 21.1. The number of benzene rings is 8. The third-order valence-electron chi connectivity index (χ3n) is 28.0. The summed E-state index contributed by atoms with van der Waals surface area (Å²) in [5.41, 5.74) is 34.1. The van der Waals surface area contributed by atoms with Crippen LogP contribution in [0.3, 0.4) is 0 Å². The lowest BCUT2D eigenvalue weighted by Crippen LogP contribution is -2.32. The molecule has 1 atom stereocenters. The number of nitrogens with zero attached hydrogens (tertiary/aromatic N) is 16. The van der Waals surface area contributed by atoms with Gasteiger partial charge in [0, 0.05) is 104 Å². The van der Waals surface area contributed by atoms with Crippen LogP contribution < -0.4 is 19.6 Å². The predicted molar refractivity (Wildman–Crippen MR) is 536 cm³/mol. The number of halogens is 6. The van der Waals surface area contributed by atoms with Crippen molar-refractivity contribution in [1.82, 2.24) is 52.9 Å². The van der Waals surface area contributed by atoms with Crippen molar-refractivity contribution in [3.05, 3.63) is 248 Å². The van der Waals surface area contributed by atoms with Crippen LogP contribution in [0.5, 0.6) is 0 Å². The largest absolute Gasteiger partial charge is 0.342 e. The van der Waals surface area contributed by atoms with Crippen LogP contribution >= 0.6 is 34.8 Å². The van der Waals surface area contributed by atoms with Crippen molar-refractivity contribution in [3.8, 4) is 11.3 Å². The minimum absolute atomic E-state index is 0.0946. The lowest BCUT2D eigenvalue weighted by Gasteiger charge is -2.28. The van der Waals surface area contributed by atoms with E-state index in [9.17, 15) is 13.2 Å². The summed E-state index contributed by atoms with van der Waals surface area (Å²) in [7, 11) is 1.99. The van der Waals surface area contributed by atoms with E-state index in [1.54, 1.807) is 12.1 Å². The summed E-state index contributed by atoms with van der Waals surface area (Å²) in [5, 5.41) is 6.31. The molecule has 5 fully saturated rings. The van der Waals surface area contributed by atoms with Crippen LogP contribution in [0.2, 0.25) is 15.1 Å². The lowest BCUT2D eigenvalue weighted by molar-refractivity contribution is 0.332. The number of piperidine rings is 4. The summed E-state index contributed by atoms with van der Waals surface area (Å²) >= 11 is 19.2. The second kappa shape index (κ2) is 39.7. The maximum absolute atomic E-state index is 14.3. The van der Waals surface area contributed by atoms with Gasteiger partial charge < -0.3 is 37.9 Å². The number of imidazole rings is 4. The zero-order valence-electron chi connectivity index (χ0n) is 78.8. The maximum Gasteiger partial charge on any atom is 0.206 e. The molecule has 0 spiro atoms. The van der Waals surface area contributed by atoms with E-state index in [0.29, 0.717) is 41.9 Å². The molecule has 5 aromatic heterocycles. The van der Waals surface area contributed by atoms with Crippen molar-refractivity contribution in [1.29, 1.82) is 0 Å². The number of rotatable bonds is 17. The molecule has 7 aliphatic rings. The molecule has 8 aromatic carbocycles. The van der Waals surface area contributed by atoms with Crippen LogP contribution in [0.4, 0.5) is 37.0 Å². The Bertz CT molecular complexity index is 6450. The van der Waals surface area contributed by atoms with Crippen LogP contribution in [0, 0.1) is 86.7 Å². The standard InChI is InChI=1S/C28H33ClN4.C28H34FN3.C26H29ClFN5.C26H32ClFN4/c1-17-13-23(26-19(3)20(4)30-21(26)5)27-25(14-17)33(16-22-10-9-18(2)24(29)15-22)28(31-27)32-11-7-6-8-12-32;1-19-14-24(23-10-6-4-7-11-23)27-25(15-19)32(28(30-27)31-12-8-5-9-13-31)18-22-16-20(2)26(29)21(3)17-22;1-16-12-23-25(24(18(16)3)22-13-17(2)30-31(22)4)29-26(32-10-6-5-7-11-32)33(23)15-19-8-9-21(28)20(27)14-19;1-18-12-20(13-19(2)24(18)28)16-32-23-15-22(27)14-21(17-30-8-6-7-9-30)25(23)29-26(32)31-10-4-3-5-11-31/h9-10,13-15,20H,6-8,11-12,16H2,1-5H3;10,14-17H,4-9,11-13,18H2,1-3H3;8-9,12-14H,5-7,10-11,15H2,1-4H3;12-15H,3-11,16-17H2,1-2H3. The molecule has 1 aliphatic carbocycles. The van der Waals surface area contributed by atoms with E-state index in [2.05, 4.69) is 170 Å². The van der Waals surface area contributed by atoms with E-state index in [4.69, 9.17) is 59.7 Å². The van der Waals surface area contributed by atoms with Gasteiger partial charge in [-0.1, -0.05) is 83.3 Å². The van der Waals surface area contributed by atoms with Gasteiger partial charge in [0.2, 0.25) is 23.8 Å². The van der Waals surface area contributed by atoms with Gasteiger partial charge in [-0.25, -0.2) is 33.1 Å². The molecule has 13 aromatic rings. The van der Waals surface area contributed by atoms with Crippen LogP contribution in [-0.2, 0) is 39.8 Å². The third kappa shape index (κ3) is 19.5. The van der Waals surface area contributed by atoms with E-state index >= 15 is 0 Å². The number of fused-ring (bicyclic) bond motifs is 4. The average molecular weight is 1810 g/mol. The van der Waals surface area contributed by atoms with Crippen molar-refractivity contribution in [3.63, 3.8) is 0 Å². The summed E-state index contributed by atoms with van der Waals surface area (Å²) in [6.07, 6.45) is 24.5. The normalized spacial score (nSPS) is 17.0. The summed E-state index contributed by atoms with van der Waals surface area (Å²) in [5.74, 6) is 3.53. The van der Waals surface area contributed by atoms with Gasteiger partial charge in [0.15, 0.2) is 0 Å². The fraction of sp³-hybridized carbons (Fsp3) is 0.444. The van der Waals surface area contributed by atoms with Gasteiger partial charge in [-0.05, 0) is 374 Å². The molecular formula is C108H128Cl3F3N16. The number of hydrogen-bond acceptors (Lipinski definition) is 11. The molecule has 16 nitrogen and oxygen atoms in total. The number of anilines is 4. The number of aromatic nitrogens is 10. The van der Waals surface area contributed by atoms with Crippen LogP contribution in [0.1, 0.15) is 231 Å². The molecule has 0 N–H and O–H groups in total. The Labute approximate surface area is 781 Å². The minimum atomic E-state index is -0.396. The molecule has 682 valence electrons. The lowest BCUT2D eigenvalue weighted by atomic mass is 9.92. The second-order valence-electron chi connectivity index (χ2n) is 38.2. The number of hydrogen-bond donors (Lipinski definition) is 0. The summed E-state index contributed by atoms with van der Waals surface area (Å²) < 4.78 is 53.7. The van der Waals surface area contributed by atoms with Crippen molar-refractivity contribution < 1.29 is 13.2 Å². The molecule has 20 rings (SSSR count). The smallest absolute Gasteiger partial charge is 0.206 e. The van der Waals surface area contributed by atoms with Gasteiger partial charge in [0.1, 0.15) is 23.0 Å². The van der Waals surface area contributed by atoms with E-state index in [1.165, 1.54) is 175 Å². The Morgan fingerprint density at radius 1 is 0.392 bits per heavy atom. The van der Waals surface area contributed by atoms with Crippen molar-refractivity contribution in [2.45, 2.75) is 244 Å².